The van der Waals surface area contributed by atoms with Crippen molar-refractivity contribution in [1.82, 2.24) is 5.32 Å². The molecule has 0 aliphatic rings. The summed E-state index contributed by atoms with van der Waals surface area (Å²) < 4.78 is 48.5. The molecule has 0 heterocycles. The largest absolute Gasteiger partial charge is 0.487 e. The van der Waals surface area contributed by atoms with Crippen molar-refractivity contribution in [2.45, 2.75) is 6.61 Å². The average molecular weight is 637 g/mol. The van der Waals surface area contributed by atoms with Crippen LogP contribution in [0.2, 0.25) is 0 Å². The summed E-state index contributed by atoms with van der Waals surface area (Å²) in [5, 5.41) is 5.97. The van der Waals surface area contributed by atoms with Crippen molar-refractivity contribution in [2.75, 3.05) is 100 Å². The zero-order valence-electron chi connectivity index (χ0n) is 25.9. The Labute approximate surface area is 263 Å². The van der Waals surface area contributed by atoms with Crippen LogP contribution in [0.15, 0.2) is 53.7 Å². The molecule has 0 radical (unpaired) electrons. The molecule has 0 saturated heterocycles. The van der Waals surface area contributed by atoms with E-state index in [2.05, 4.69) is 10.5 Å². The summed E-state index contributed by atoms with van der Waals surface area (Å²) in [6, 6.07) is 14.3. The van der Waals surface area contributed by atoms with Crippen LogP contribution < -0.4 is 14.8 Å². The minimum Gasteiger partial charge on any atom is -0.487 e. The van der Waals surface area contributed by atoms with Gasteiger partial charge in [0, 0.05) is 19.8 Å². The Hall–Kier alpha value is -3.79. The Morgan fingerprint density at radius 2 is 1.24 bits per heavy atom. The number of rotatable bonds is 26. The molecule has 0 aromatic heterocycles. The Kier molecular flexibility index (Phi) is 21.2. The Bertz CT molecular complexity index is 1090. The number of hydrogen-bond donors (Lipinski definition) is 1. The zero-order chi connectivity index (χ0) is 32.2. The van der Waals surface area contributed by atoms with Gasteiger partial charge in [0.25, 0.3) is 0 Å². The first kappa shape index (κ1) is 37.4. The van der Waals surface area contributed by atoms with Gasteiger partial charge in [0.2, 0.25) is 0 Å². The molecule has 2 aromatic carbocycles. The summed E-state index contributed by atoms with van der Waals surface area (Å²) in [5.74, 6) is 0.315. The lowest BCUT2D eigenvalue weighted by molar-refractivity contribution is -0.143. The minimum absolute atomic E-state index is 0.103. The second-order valence-corrected chi connectivity index (χ2v) is 8.95. The summed E-state index contributed by atoms with van der Waals surface area (Å²) in [6.07, 6.45) is 0.414. The summed E-state index contributed by atoms with van der Waals surface area (Å²) in [6.45, 7) is 4.79. The van der Waals surface area contributed by atoms with Crippen molar-refractivity contribution in [3.8, 4) is 11.5 Å². The maximum Gasteiger partial charge on any atom is 0.433 e. The van der Waals surface area contributed by atoms with E-state index in [9.17, 15) is 9.59 Å². The molecule has 0 bridgehead atoms. The molecule has 0 aliphatic heterocycles. The van der Waals surface area contributed by atoms with Crippen LogP contribution in [0.1, 0.15) is 11.1 Å². The molecular weight excluding hydrogens is 592 g/mol. The number of nitrogens with one attached hydrogen (secondary N) is 1. The molecule has 0 saturated carbocycles. The predicted molar refractivity (Wildman–Crippen MR) is 163 cm³/mol. The van der Waals surface area contributed by atoms with Gasteiger partial charge in [-0.15, -0.1) is 0 Å². The van der Waals surface area contributed by atoms with Gasteiger partial charge < -0.3 is 47.9 Å². The monoisotopic (exact) mass is 636 g/mol. The second-order valence-electron chi connectivity index (χ2n) is 8.95. The molecule has 14 nitrogen and oxygen atoms in total. The van der Waals surface area contributed by atoms with Crippen LogP contribution in [-0.4, -0.2) is 118 Å². The number of benzene rings is 2. The van der Waals surface area contributed by atoms with Crippen molar-refractivity contribution in [3.05, 3.63) is 59.7 Å². The van der Waals surface area contributed by atoms with Gasteiger partial charge in [-0.3, -0.25) is 9.63 Å². The first-order valence-electron chi connectivity index (χ1n) is 14.5. The van der Waals surface area contributed by atoms with Gasteiger partial charge in [-0.2, -0.15) is 0 Å². The van der Waals surface area contributed by atoms with Crippen molar-refractivity contribution in [1.29, 1.82) is 0 Å². The first-order valence-corrected chi connectivity index (χ1v) is 14.5. The minimum atomic E-state index is -0.910. The van der Waals surface area contributed by atoms with E-state index in [4.69, 9.17) is 47.5 Å². The van der Waals surface area contributed by atoms with E-state index in [0.717, 1.165) is 5.56 Å². The Morgan fingerprint density at radius 1 is 0.689 bits per heavy atom. The summed E-state index contributed by atoms with van der Waals surface area (Å²) in [5.41, 5.74) is 1.41. The molecule has 250 valence electrons. The molecule has 0 atom stereocenters. The summed E-state index contributed by atoms with van der Waals surface area (Å²) in [4.78, 5) is 28.6. The van der Waals surface area contributed by atoms with Crippen molar-refractivity contribution < 1.29 is 57.1 Å². The molecule has 14 heteroatoms. The van der Waals surface area contributed by atoms with E-state index in [1.54, 1.807) is 32.4 Å². The molecule has 0 spiro atoms. The van der Waals surface area contributed by atoms with Gasteiger partial charge >= 0.3 is 12.1 Å². The highest BCUT2D eigenvalue weighted by atomic mass is 16.7. The SMILES string of the molecule is COCCOCCOCCOc1ccc(/C=N/OC(=O)NCC(=O)OCc2ccccc2)cc1OCCOCCOCCOC. The van der Waals surface area contributed by atoms with E-state index in [-0.39, 0.29) is 26.4 Å². The molecule has 0 unspecified atom stereocenters. The van der Waals surface area contributed by atoms with Crippen molar-refractivity contribution in [3.63, 3.8) is 0 Å². The van der Waals surface area contributed by atoms with Gasteiger partial charge in [0.15, 0.2) is 11.5 Å². The zero-order valence-corrected chi connectivity index (χ0v) is 25.9. The van der Waals surface area contributed by atoms with Crippen LogP contribution in [0.4, 0.5) is 4.79 Å². The summed E-state index contributed by atoms with van der Waals surface area (Å²) in [7, 11) is 3.23. The van der Waals surface area contributed by atoms with Gasteiger partial charge in [-0.05, 0) is 23.8 Å². The average Bonchev–Trinajstić information content (AvgIpc) is 3.06. The van der Waals surface area contributed by atoms with Gasteiger partial charge in [0.05, 0.1) is 72.3 Å². The van der Waals surface area contributed by atoms with Crippen LogP contribution in [0.5, 0.6) is 11.5 Å². The number of carbonyl (C=O) groups excluding carboxylic acids is 2. The molecule has 0 aliphatic carbocycles. The highest BCUT2D eigenvalue weighted by Gasteiger charge is 2.09. The standard InChI is InChI=1S/C31H44N2O12/c1-36-10-12-38-14-16-40-18-20-42-28-9-8-27(22-29(28)43-21-19-41-17-15-39-13-11-37-2)23-33-45-31(35)32-24-30(34)44-25-26-6-4-3-5-7-26/h3-9,22-23H,10-21,24-25H2,1-2H3,(H,32,35)/b33-23+. The Balaban J connectivity index is 1.78. The number of ether oxygens (including phenoxy) is 9. The molecular formula is C31H44N2O12. The smallest absolute Gasteiger partial charge is 0.433 e. The fraction of sp³-hybridized carbons (Fsp3) is 0.516. The fourth-order valence-electron chi connectivity index (χ4n) is 3.29. The number of methoxy groups -OCH3 is 2. The highest BCUT2D eigenvalue weighted by Crippen LogP contribution is 2.28. The van der Waals surface area contributed by atoms with E-state index < -0.39 is 12.1 Å². The third-order valence-corrected chi connectivity index (χ3v) is 5.50. The van der Waals surface area contributed by atoms with Gasteiger partial charge in [0.1, 0.15) is 26.4 Å². The predicted octanol–water partition coefficient (Wildman–Crippen LogP) is 2.61. The number of nitrogens with zero attached hydrogens (tertiary/aromatic N) is 1. The number of hydrogen-bond acceptors (Lipinski definition) is 13. The van der Waals surface area contributed by atoms with Crippen LogP contribution in [-0.2, 0) is 49.4 Å². The highest BCUT2D eigenvalue weighted by molar-refractivity contribution is 5.82. The van der Waals surface area contributed by atoms with Crippen molar-refractivity contribution in [2.24, 2.45) is 5.16 Å². The van der Waals surface area contributed by atoms with E-state index in [0.29, 0.717) is 83.1 Å². The fourth-order valence-corrected chi connectivity index (χ4v) is 3.29. The number of esters is 1. The number of amides is 1. The van der Waals surface area contributed by atoms with Gasteiger partial charge in [-0.25, -0.2) is 4.79 Å². The first-order chi connectivity index (χ1) is 22.1. The van der Waals surface area contributed by atoms with Gasteiger partial charge in [-0.1, -0.05) is 35.5 Å². The lowest BCUT2D eigenvalue weighted by Gasteiger charge is -2.14. The summed E-state index contributed by atoms with van der Waals surface area (Å²) >= 11 is 0. The van der Waals surface area contributed by atoms with Crippen LogP contribution in [0.3, 0.4) is 0 Å². The lowest BCUT2D eigenvalue weighted by Crippen LogP contribution is -2.30. The maximum atomic E-state index is 11.9. The molecule has 2 rings (SSSR count). The molecule has 2 aromatic rings. The second kappa shape index (κ2) is 25.5. The lowest BCUT2D eigenvalue weighted by atomic mass is 10.2. The molecule has 45 heavy (non-hydrogen) atoms. The van der Waals surface area contributed by atoms with Crippen LogP contribution in [0, 0.1) is 0 Å². The molecule has 1 N–H and O–H groups in total. The Morgan fingerprint density at radius 3 is 1.84 bits per heavy atom. The van der Waals surface area contributed by atoms with Crippen molar-refractivity contribution >= 4 is 18.3 Å². The van der Waals surface area contributed by atoms with E-state index in [1.807, 2.05) is 30.3 Å². The normalized spacial score (nSPS) is 11.0. The molecule has 1 amide bonds. The van der Waals surface area contributed by atoms with E-state index in [1.165, 1.54) is 6.21 Å². The van der Waals surface area contributed by atoms with Crippen LogP contribution >= 0.6 is 0 Å². The third kappa shape index (κ3) is 19.3. The van der Waals surface area contributed by atoms with Crippen LogP contribution in [0.25, 0.3) is 0 Å². The number of oxime groups is 1. The topological polar surface area (TPSA) is 151 Å². The quantitative estimate of drug-likeness (QED) is 0.0532. The number of carbonyl (C=O) groups is 2. The third-order valence-electron chi connectivity index (χ3n) is 5.50. The maximum absolute atomic E-state index is 11.9. The molecule has 0 fully saturated rings. The van der Waals surface area contributed by atoms with E-state index >= 15 is 0 Å².